The van der Waals surface area contributed by atoms with Crippen molar-refractivity contribution in [3.63, 3.8) is 0 Å². The molecule has 0 radical (unpaired) electrons. The number of ether oxygens (including phenoxy) is 1. The van der Waals surface area contributed by atoms with E-state index in [1.165, 1.54) is 0 Å². The Bertz CT molecular complexity index is 586. The van der Waals surface area contributed by atoms with Crippen molar-refractivity contribution in [3.05, 3.63) is 35.4 Å². The summed E-state index contributed by atoms with van der Waals surface area (Å²) in [7, 11) is 0. The summed E-state index contributed by atoms with van der Waals surface area (Å²) in [5.74, 6) is 0.0368. The van der Waals surface area contributed by atoms with Gasteiger partial charge in [0.1, 0.15) is 0 Å². The SMILES string of the molecule is CCOCc1ccccc1CNC(=O)[C@H]1CCCN(C(=O)C(C)C)C1. The van der Waals surface area contributed by atoms with Gasteiger partial charge in [-0.05, 0) is 30.9 Å². The Balaban J connectivity index is 1.91. The van der Waals surface area contributed by atoms with Crippen LogP contribution in [-0.2, 0) is 27.5 Å². The molecule has 1 heterocycles. The minimum atomic E-state index is -0.115. The summed E-state index contributed by atoms with van der Waals surface area (Å²) in [5.41, 5.74) is 2.18. The molecule has 1 aliphatic rings. The van der Waals surface area contributed by atoms with Gasteiger partial charge in [0.15, 0.2) is 0 Å². The van der Waals surface area contributed by atoms with E-state index < -0.39 is 0 Å². The standard InChI is InChI=1S/C20H30N2O3/c1-4-25-14-18-9-6-5-8-16(18)12-21-19(23)17-10-7-11-22(13-17)20(24)15(2)3/h5-6,8-9,15,17H,4,7,10-14H2,1-3H3,(H,21,23)/t17-/m0/s1. The van der Waals surface area contributed by atoms with Crippen LogP contribution in [0.2, 0.25) is 0 Å². The minimum Gasteiger partial charge on any atom is -0.377 e. The van der Waals surface area contributed by atoms with Gasteiger partial charge in [0.25, 0.3) is 0 Å². The molecule has 1 fully saturated rings. The number of carbonyl (C=O) groups excluding carboxylic acids is 2. The highest BCUT2D eigenvalue weighted by Gasteiger charge is 2.29. The average molecular weight is 346 g/mol. The van der Waals surface area contributed by atoms with Crippen LogP contribution in [-0.4, -0.2) is 36.4 Å². The number of nitrogens with zero attached hydrogens (tertiary/aromatic N) is 1. The van der Waals surface area contributed by atoms with E-state index in [0.717, 1.165) is 30.5 Å². The molecule has 5 heteroatoms. The van der Waals surface area contributed by atoms with E-state index >= 15 is 0 Å². The molecule has 0 aliphatic carbocycles. The molecule has 1 aromatic carbocycles. The van der Waals surface area contributed by atoms with Gasteiger partial charge >= 0.3 is 0 Å². The van der Waals surface area contributed by atoms with Gasteiger partial charge < -0.3 is 15.0 Å². The number of nitrogens with one attached hydrogen (secondary N) is 1. The van der Waals surface area contributed by atoms with Crippen LogP contribution in [0.15, 0.2) is 24.3 Å². The van der Waals surface area contributed by atoms with Crippen LogP contribution < -0.4 is 5.32 Å². The van der Waals surface area contributed by atoms with Crippen molar-refractivity contribution in [2.45, 2.75) is 46.8 Å². The summed E-state index contributed by atoms with van der Waals surface area (Å²) < 4.78 is 5.49. The van der Waals surface area contributed by atoms with Crippen LogP contribution in [0.25, 0.3) is 0 Å². The first-order chi connectivity index (χ1) is 12.0. The van der Waals surface area contributed by atoms with E-state index in [9.17, 15) is 9.59 Å². The van der Waals surface area contributed by atoms with Crippen molar-refractivity contribution in [1.82, 2.24) is 10.2 Å². The van der Waals surface area contributed by atoms with Gasteiger partial charge in [-0.1, -0.05) is 38.1 Å². The Labute approximate surface area is 150 Å². The minimum absolute atomic E-state index is 0.0211. The molecular formula is C20H30N2O3. The maximum absolute atomic E-state index is 12.6. The Morgan fingerprint density at radius 2 is 2.00 bits per heavy atom. The third-order valence-corrected chi connectivity index (χ3v) is 4.63. The van der Waals surface area contributed by atoms with Crippen molar-refractivity contribution >= 4 is 11.8 Å². The monoisotopic (exact) mass is 346 g/mol. The maximum atomic E-state index is 12.6. The molecule has 1 aliphatic heterocycles. The molecule has 2 rings (SSSR count). The lowest BCUT2D eigenvalue weighted by molar-refractivity contribution is -0.138. The van der Waals surface area contributed by atoms with E-state index in [1.807, 2.05) is 49.9 Å². The zero-order valence-corrected chi connectivity index (χ0v) is 15.6. The van der Waals surface area contributed by atoms with Crippen molar-refractivity contribution in [2.24, 2.45) is 11.8 Å². The number of hydrogen-bond acceptors (Lipinski definition) is 3. The molecular weight excluding hydrogens is 316 g/mol. The third kappa shape index (κ3) is 5.56. The van der Waals surface area contributed by atoms with Gasteiger partial charge in [-0.3, -0.25) is 9.59 Å². The Hall–Kier alpha value is -1.88. The normalized spacial score (nSPS) is 17.6. The fourth-order valence-electron chi connectivity index (χ4n) is 3.17. The van der Waals surface area contributed by atoms with Crippen LogP contribution in [0.3, 0.4) is 0 Å². The van der Waals surface area contributed by atoms with Gasteiger partial charge in [-0.25, -0.2) is 0 Å². The van der Waals surface area contributed by atoms with Crippen molar-refractivity contribution in [1.29, 1.82) is 0 Å². The lowest BCUT2D eigenvalue weighted by Crippen LogP contribution is -2.46. The number of amides is 2. The second-order valence-corrected chi connectivity index (χ2v) is 6.90. The molecule has 2 amide bonds. The molecule has 1 N–H and O–H groups in total. The summed E-state index contributed by atoms with van der Waals surface area (Å²) in [6.45, 7) is 8.80. The van der Waals surface area contributed by atoms with Crippen LogP contribution >= 0.6 is 0 Å². The summed E-state index contributed by atoms with van der Waals surface area (Å²) in [5, 5.41) is 3.04. The second kappa shape index (κ2) is 9.56. The first-order valence-electron chi connectivity index (χ1n) is 9.24. The van der Waals surface area contributed by atoms with Crippen LogP contribution in [0.1, 0.15) is 44.7 Å². The molecule has 0 unspecified atom stereocenters. The summed E-state index contributed by atoms with van der Waals surface area (Å²) in [6, 6.07) is 8.00. The van der Waals surface area contributed by atoms with Crippen LogP contribution in [0, 0.1) is 11.8 Å². The Kier molecular flexibility index (Phi) is 7.44. The van der Waals surface area contributed by atoms with Crippen LogP contribution in [0.4, 0.5) is 0 Å². The van der Waals surface area contributed by atoms with E-state index in [2.05, 4.69) is 5.32 Å². The van der Waals surface area contributed by atoms with Gasteiger partial charge in [0, 0.05) is 32.2 Å². The molecule has 1 aromatic rings. The zero-order chi connectivity index (χ0) is 18.2. The highest BCUT2D eigenvalue weighted by Crippen LogP contribution is 2.19. The zero-order valence-electron chi connectivity index (χ0n) is 15.6. The van der Waals surface area contributed by atoms with Crippen molar-refractivity contribution in [2.75, 3.05) is 19.7 Å². The summed E-state index contributed by atoms with van der Waals surface area (Å²) in [4.78, 5) is 26.6. The van der Waals surface area contributed by atoms with E-state index in [1.54, 1.807) is 0 Å². The van der Waals surface area contributed by atoms with Crippen molar-refractivity contribution < 1.29 is 14.3 Å². The lowest BCUT2D eigenvalue weighted by atomic mass is 9.96. The Morgan fingerprint density at radius 1 is 1.28 bits per heavy atom. The van der Waals surface area contributed by atoms with Crippen LogP contribution in [0.5, 0.6) is 0 Å². The lowest BCUT2D eigenvalue weighted by Gasteiger charge is -2.33. The number of carbonyl (C=O) groups is 2. The van der Waals surface area contributed by atoms with Gasteiger partial charge in [0.05, 0.1) is 12.5 Å². The summed E-state index contributed by atoms with van der Waals surface area (Å²) >= 11 is 0. The first kappa shape index (κ1) is 19.4. The van der Waals surface area contributed by atoms with E-state index in [0.29, 0.717) is 26.3 Å². The molecule has 1 atom stereocenters. The first-order valence-corrected chi connectivity index (χ1v) is 9.24. The average Bonchev–Trinajstić information content (AvgIpc) is 2.64. The highest BCUT2D eigenvalue weighted by molar-refractivity contribution is 5.82. The quantitative estimate of drug-likeness (QED) is 0.826. The van der Waals surface area contributed by atoms with Crippen molar-refractivity contribution in [3.8, 4) is 0 Å². The molecule has 0 spiro atoms. The van der Waals surface area contributed by atoms with Gasteiger partial charge in [-0.2, -0.15) is 0 Å². The smallest absolute Gasteiger partial charge is 0.225 e. The maximum Gasteiger partial charge on any atom is 0.225 e. The predicted molar refractivity (Wildman–Crippen MR) is 97.8 cm³/mol. The number of rotatable bonds is 7. The molecule has 0 aromatic heterocycles. The molecule has 0 saturated carbocycles. The van der Waals surface area contributed by atoms with Gasteiger partial charge in [-0.15, -0.1) is 0 Å². The summed E-state index contributed by atoms with van der Waals surface area (Å²) in [6.07, 6.45) is 1.73. The number of benzene rings is 1. The fourth-order valence-corrected chi connectivity index (χ4v) is 3.17. The van der Waals surface area contributed by atoms with E-state index in [4.69, 9.17) is 4.74 Å². The topological polar surface area (TPSA) is 58.6 Å². The molecule has 25 heavy (non-hydrogen) atoms. The Morgan fingerprint density at radius 3 is 2.68 bits per heavy atom. The fraction of sp³-hybridized carbons (Fsp3) is 0.600. The van der Waals surface area contributed by atoms with Gasteiger partial charge in [0.2, 0.25) is 11.8 Å². The number of piperidine rings is 1. The molecule has 0 bridgehead atoms. The highest BCUT2D eigenvalue weighted by atomic mass is 16.5. The second-order valence-electron chi connectivity index (χ2n) is 6.90. The molecule has 1 saturated heterocycles. The molecule has 138 valence electrons. The number of likely N-dealkylation sites (tertiary alicyclic amines) is 1. The third-order valence-electron chi connectivity index (χ3n) is 4.63. The van der Waals surface area contributed by atoms with E-state index in [-0.39, 0.29) is 23.7 Å². The molecule has 5 nitrogen and oxygen atoms in total. The largest absolute Gasteiger partial charge is 0.377 e. The predicted octanol–water partition coefficient (Wildman–Crippen LogP) is 2.73. The number of hydrogen-bond donors (Lipinski definition) is 1.